The van der Waals surface area contributed by atoms with E-state index in [-0.39, 0.29) is 18.9 Å². The first-order valence-corrected chi connectivity index (χ1v) is 5.53. The first-order valence-electron chi connectivity index (χ1n) is 5.53. The molecule has 2 amide bonds. The summed E-state index contributed by atoms with van der Waals surface area (Å²) in [5.74, 6) is -0.867. The molecule has 6 nitrogen and oxygen atoms in total. The number of nitrogens with one attached hydrogen (secondary N) is 2. The van der Waals surface area contributed by atoms with Crippen molar-refractivity contribution in [1.82, 2.24) is 5.32 Å². The molecule has 0 bridgehead atoms. The predicted molar refractivity (Wildman–Crippen MR) is 67.7 cm³/mol. The first-order chi connectivity index (χ1) is 8.56. The second kappa shape index (κ2) is 6.73. The van der Waals surface area contributed by atoms with Gasteiger partial charge in [0, 0.05) is 5.69 Å². The van der Waals surface area contributed by atoms with E-state index in [9.17, 15) is 9.59 Å². The summed E-state index contributed by atoms with van der Waals surface area (Å²) in [5, 5.41) is 14.3. The van der Waals surface area contributed by atoms with Gasteiger partial charge in [-0.1, -0.05) is 12.1 Å². The third kappa shape index (κ3) is 4.15. The van der Waals surface area contributed by atoms with Crippen LogP contribution in [0.15, 0.2) is 24.3 Å². The van der Waals surface area contributed by atoms with E-state index in [1.165, 1.54) is 0 Å². The van der Waals surface area contributed by atoms with Gasteiger partial charge < -0.3 is 21.5 Å². The molecule has 1 aromatic rings. The lowest BCUT2D eigenvalue weighted by Gasteiger charge is -2.14. The van der Waals surface area contributed by atoms with E-state index in [1.807, 2.05) is 0 Å². The Morgan fingerprint density at radius 2 is 1.94 bits per heavy atom. The minimum absolute atomic E-state index is 0.0466. The van der Waals surface area contributed by atoms with Gasteiger partial charge in [-0.2, -0.15) is 0 Å². The van der Waals surface area contributed by atoms with Crippen LogP contribution in [0.25, 0.3) is 0 Å². The van der Waals surface area contributed by atoms with Crippen molar-refractivity contribution in [3.05, 3.63) is 29.8 Å². The standard InChI is InChI=1S/C12H17N3O3/c1-14-10(6-11(13)17)12(18)15-9-4-2-8(7-16)3-5-9/h2-5,10,14,16H,6-7H2,1H3,(H2,13,17)(H,15,18). The fraction of sp³-hybridized carbons (Fsp3) is 0.333. The monoisotopic (exact) mass is 251 g/mol. The fourth-order valence-electron chi connectivity index (χ4n) is 1.45. The highest BCUT2D eigenvalue weighted by Gasteiger charge is 2.18. The van der Waals surface area contributed by atoms with E-state index in [0.717, 1.165) is 5.56 Å². The van der Waals surface area contributed by atoms with Gasteiger partial charge in [0.15, 0.2) is 0 Å². The number of benzene rings is 1. The topological polar surface area (TPSA) is 104 Å². The molecule has 98 valence electrons. The number of nitrogens with two attached hydrogens (primary N) is 1. The average Bonchev–Trinajstić information content (AvgIpc) is 2.36. The molecule has 0 aliphatic rings. The number of likely N-dealkylation sites (N-methyl/N-ethyl adjacent to an activating group) is 1. The van der Waals surface area contributed by atoms with Crippen LogP contribution < -0.4 is 16.4 Å². The van der Waals surface area contributed by atoms with Crippen molar-refractivity contribution in [3.63, 3.8) is 0 Å². The summed E-state index contributed by atoms with van der Waals surface area (Å²) in [4.78, 5) is 22.6. The number of hydrogen-bond donors (Lipinski definition) is 4. The molecule has 0 spiro atoms. The molecule has 0 saturated heterocycles. The average molecular weight is 251 g/mol. The zero-order chi connectivity index (χ0) is 13.5. The van der Waals surface area contributed by atoms with Gasteiger partial charge in [-0.15, -0.1) is 0 Å². The summed E-state index contributed by atoms with van der Waals surface area (Å²) in [7, 11) is 1.59. The maximum absolute atomic E-state index is 11.8. The smallest absolute Gasteiger partial charge is 0.242 e. The van der Waals surface area contributed by atoms with Crippen molar-refractivity contribution >= 4 is 17.5 Å². The van der Waals surface area contributed by atoms with Crippen LogP contribution in [0.3, 0.4) is 0 Å². The number of primary amides is 1. The van der Waals surface area contributed by atoms with Gasteiger partial charge in [0.2, 0.25) is 11.8 Å². The second-order valence-electron chi connectivity index (χ2n) is 3.86. The van der Waals surface area contributed by atoms with Crippen LogP contribution in [0.2, 0.25) is 0 Å². The fourth-order valence-corrected chi connectivity index (χ4v) is 1.45. The number of anilines is 1. The lowest BCUT2D eigenvalue weighted by molar-refractivity contribution is -0.123. The lowest BCUT2D eigenvalue weighted by atomic mass is 10.1. The van der Waals surface area contributed by atoms with Crippen LogP contribution in [0.1, 0.15) is 12.0 Å². The van der Waals surface area contributed by atoms with Crippen molar-refractivity contribution < 1.29 is 14.7 Å². The molecule has 1 rings (SSSR count). The van der Waals surface area contributed by atoms with Gasteiger partial charge in [0.25, 0.3) is 0 Å². The number of aliphatic hydroxyl groups excluding tert-OH is 1. The molecule has 0 fully saturated rings. The predicted octanol–water partition coefficient (Wildman–Crippen LogP) is -0.419. The first kappa shape index (κ1) is 14.1. The lowest BCUT2D eigenvalue weighted by Crippen LogP contribution is -2.41. The molecule has 1 unspecified atom stereocenters. The Morgan fingerprint density at radius 1 is 1.33 bits per heavy atom. The molecule has 0 heterocycles. The molecule has 6 heteroatoms. The molecule has 5 N–H and O–H groups in total. The van der Waals surface area contributed by atoms with E-state index < -0.39 is 11.9 Å². The Morgan fingerprint density at radius 3 is 2.39 bits per heavy atom. The van der Waals surface area contributed by atoms with Crippen LogP contribution in [-0.2, 0) is 16.2 Å². The van der Waals surface area contributed by atoms with E-state index >= 15 is 0 Å². The second-order valence-corrected chi connectivity index (χ2v) is 3.86. The Bertz CT molecular complexity index is 417. The van der Waals surface area contributed by atoms with Crippen LogP contribution in [0, 0.1) is 0 Å². The van der Waals surface area contributed by atoms with Crippen molar-refractivity contribution in [2.24, 2.45) is 5.73 Å². The van der Waals surface area contributed by atoms with Crippen LogP contribution in [-0.4, -0.2) is 30.0 Å². The summed E-state index contributed by atoms with van der Waals surface area (Å²) in [5.41, 5.74) is 6.41. The van der Waals surface area contributed by atoms with Crippen molar-refractivity contribution in [1.29, 1.82) is 0 Å². The van der Waals surface area contributed by atoms with Gasteiger partial charge in [-0.05, 0) is 24.7 Å². The number of aliphatic hydroxyl groups is 1. The van der Waals surface area contributed by atoms with E-state index in [0.29, 0.717) is 5.69 Å². The summed E-state index contributed by atoms with van der Waals surface area (Å²) in [6.07, 6.45) is -0.0585. The Balaban J connectivity index is 2.64. The van der Waals surface area contributed by atoms with Gasteiger partial charge in [0.1, 0.15) is 0 Å². The molecular formula is C12H17N3O3. The number of rotatable bonds is 6. The molecule has 1 atom stereocenters. The molecule has 0 radical (unpaired) electrons. The third-order valence-corrected chi connectivity index (χ3v) is 2.47. The minimum atomic E-state index is -0.653. The number of amides is 2. The number of hydrogen-bond acceptors (Lipinski definition) is 4. The Kier molecular flexibility index (Phi) is 5.29. The summed E-state index contributed by atoms with van der Waals surface area (Å²) >= 11 is 0. The summed E-state index contributed by atoms with van der Waals surface area (Å²) in [6.45, 7) is -0.0466. The third-order valence-electron chi connectivity index (χ3n) is 2.47. The maximum atomic E-state index is 11.8. The van der Waals surface area contributed by atoms with Gasteiger partial charge in [-0.3, -0.25) is 9.59 Å². The normalized spacial score (nSPS) is 11.9. The molecule has 0 aromatic heterocycles. The van der Waals surface area contributed by atoms with E-state index in [1.54, 1.807) is 31.3 Å². The van der Waals surface area contributed by atoms with E-state index in [4.69, 9.17) is 10.8 Å². The van der Waals surface area contributed by atoms with Gasteiger partial charge in [-0.25, -0.2) is 0 Å². The van der Waals surface area contributed by atoms with Crippen LogP contribution in [0.5, 0.6) is 0 Å². The maximum Gasteiger partial charge on any atom is 0.242 e. The largest absolute Gasteiger partial charge is 0.392 e. The minimum Gasteiger partial charge on any atom is -0.392 e. The number of carbonyl (C=O) groups is 2. The van der Waals surface area contributed by atoms with Gasteiger partial charge in [0.05, 0.1) is 19.1 Å². The molecule has 1 aromatic carbocycles. The van der Waals surface area contributed by atoms with Gasteiger partial charge >= 0.3 is 0 Å². The van der Waals surface area contributed by atoms with Crippen molar-refractivity contribution in [2.75, 3.05) is 12.4 Å². The molecule has 0 aliphatic carbocycles. The highest BCUT2D eigenvalue weighted by molar-refractivity contribution is 5.97. The van der Waals surface area contributed by atoms with Crippen LogP contribution in [0.4, 0.5) is 5.69 Å². The quantitative estimate of drug-likeness (QED) is 0.551. The van der Waals surface area contributed by atoms with Crippen molar-refractivity contribution in [3.8, 4) is 0 Å². The Hall–Kier alpha value is -1.92. The summed E-state index contributed by atoms with van der Waals surface area (Å²) < 4.78 is 0. The molecule has 0 saturated carbocycles. The Labute approximate surface area is 105 Å². The van der Waals surface area contributed by atoms with Crippen LogP contribution >= 0.6 is 0 Å². The molecular weight excluding hydrogens is 234 g/mol. The molecule has 18 heavy (non-hydrogen) atoms. The zero-order valence-electron chi connectivity index (χ0n) is 10.1. The van der Waals surface area contributed by atoms with E-state index in [2.05, 4.69) is 10.6 Å². The SMILES string of the molecule is CNC(CC(N)=O)C(=O)Nc1ccc(CO)cc1. The number of carbonyl (C=O) groups excluding carboxylic acids is 2. The van der Waals surface area contributed by atoms with Crippen molar-refractivity contribution in [2.45, 2.75) is 19.1 Å². The zero-order valence-corrected chi connectivity index (χ0v) is 10.1. The highest BCUT2D eigenvalue weighted by Crippen LogP contribution is 2.10. The highest BCUT2D eigenvalue weighted by atomic mass is 16.3. The molecule has 0 aliphatic heterocycles. The summed E-state index contributed by atoms with van der Waals surface area (Å²) in [6, 6.07) is 6.12.